The highest BCUT2D eigenvalue weighted by Gasteiger charge is 2.27. The fraction of sp³-hybridized carbons (Fsp3) is 0.474. The lowest BCUT2D eigenvalue weighted by atomic mass is 9.89. The number of aromatic amines is 1. The van der Waals surface area contributed by atoms with Crippen molar-refractivity contribution in [1.29, 1.82) is 0 Å². The second-order valence-corrected chi connectivity index (χ2v) is 6.55. The molecule has 1 fully saturated rings. The number of aromatic nitrogens is 2. The lowest BCUT2D eigenvalue weighted by Gasteiger charge is -2.31. The molecule has 1 saturated heterocycles. The van der Waals surface area contributed by atoms with Gasteiger partial charge in [0, 0.05) is 30.3 Å². The fourth-order valence-electron chi connectivity index (χ4n) is 3.42. The van der Waals surface area contributed by atoms with Gasteiger partial charge in [0.15, 0.2) is 17.3 Å². The molecule has 0 bridgehead atoms. The highest BCUT2D eigenvalue weighted by molar-refractivity contribution is 5.98. The van der Waals surface area contributed by atoms with Gasteiger partial charge in [-0.15, -0.1) is 0 Å². The van der Waals surface area contributed by atoms with Crippen LogP contribution in [0.2, 0.25) is 0 Å². The van der Waals surface area contributed by atoms with Crippen molar-refractivity contribution in [3.05, 3.63) is 41.2 Å². The first-order chi connectivity index (χ1) is 12.1. The molecule has 0 radical (unpaired) electrons. The lowest BCUT2D eigenvalue weighted by Crippen LogP contribution is -2.38. The van der Waals surface area contributed by atoms with Crippen LogP contribution in [0.1, 0.15) is 34.6 Å². The van der Waals surface area contributed by atoms with Gasteiger partial charge in [0.2, 0.25) is 0 Å². The number of piperidine rings is 1. The molecule has 0 spiro atoms. The molecule has 6 heteroatoms. The van der Waals surface area contributed by atoms with Crippen LogP contribution in [0, 0.1) is 12.8 Å². The summed E-state index contributed by atoms with van der Waals surface area (Å²) in [4.78, 5) is 15.2. The Kier molecular flexibility index (Phi) is 5.38. The molecule has 2 heterocycles. The minimum atomic E-state index is 0.00638. The third kappa shape index (κ3) is 4.02. The fourth-order valence-corrected chi connectivity index (χ4v) is 3.42. The zero-order chi connectivity index (χ0) is 17.8. The Morgan fingerprint density at radius 3 is 2.76 bits per heavy atom. The summed E-state index contributed by atoms with van der Waals surface area (Å²) < 4.78 is 10.6. The molecule has 25 heavy (non-hydrogen) atoms. The molecule has 0 aliphatic carbocycles. The summed E-state index contributed by atoms with van der Waals surface area (Å²) in [5.41, 5.74) is 2.77. The van der Waals surface area contributed by atoms with Crippen molar-refractivity contribution in [3.8, 4) is 11.5 Å². The molecule has 0 unspecified atom stereocenters. The Morgan fingerprint density at radius 2 is 2.08 bits per heavy atom. The first kappa shape index (κ1) is 17.5. The number of ether oxygens (including phenoxy) is 2. The van der Waals surface area contributed by atoms with E-state index in [9.17, 15) is 4.79 Å². The number of H-pyrrole nitrogens is 1. The first-order valence-electron chi connectivity index (χ1n) is 8.60. The summed E-state index contributed by atoms with van der Waals surface area (Å²) in [5.74, 6) is 1.40. The maximum Gasteiger partial charge on any atom is 0.167 e. The average molecular weight is 343 g/mol. The minimum Gasteiger partial charge on any atom is -0.493 e. The summed E-state index contributed by atoms with van der Waals surface area (Å²) in [6.07, 6.45) is 1.94. The number of Topliss-reactive ketones (excluding diaryl/α,β-unsaturated/α-hetero) is 1. The van der Waals surface area contributed by atoms with E-state index < -0.39 is 0 Å². The van der Waals surface area contributed by atoms with E-state index in [1.54, 1.807) is 26.4 Å². The van der Waals surface area contributed by atoms with Crippen molar-refractivity contribution in [2.24, 2.45) is 5.92 Å². The van der Waals surface area contributed by atoms with Crippen LogP contribution in [0.25, 0.3) is 0 Å². The molecule has 1 aliphatic rings. The number of hydrogen-bond donors (Lipinski definition) is 1. The topological polar surface area (TPSA) is 67.5 Å². The zero-order valence-corrected chi connectivity index (χ0v) is 15.0. The van der Waals surface area contributed by atoms with E-state index in [0.717, 1.165) is 43.9 Å². The number of aryl methyl sites for hydroxylation is 1. The number of nitrogens with one attached hydrogen (secondary N) is 1. The number of hydrogen-bond acceptors (Lipinski definition) is 5. The number of carbonyl (C=O) groups is 1. The van der Waals surface area contributed by atoms with Crippen LogP contribution >= 0.6 is 0 Å². The molecule has 0 saturated carbocycles. The van der Waals surface area contributed by atoms with Gasteiger partial charge in [-0.1, -0.05) is 0 Å². The molecule has 1 aliphatic heterocycles. The van der Waals surface area contributed by atoms with E-state index in [4.69, 9.17) is 9.47 Å². The van der Waals surface area contributed by atoms with Gasteiger partial charge in [0.25, 0.3) is 0 Å². The van der Waals surface area contributed by atoms with Gasteiger partial charge >= 0.3 is 0 Å². The van der Waals surface area contributed by atoms with E-state index in [1.807, 2.05) is 13.0 Å². The minimum absolute atomic E-state index is 0.00638. The second kappa shape index (κ2) is 7.70. The van der Waals surface area contributed by atoms with E-state index >= 15 is 0 Å². The number of likely N-dealkylation sites (tertiary alicyclic amines) is 1. The van der Waals surface area contributed by atoms with Gasteiger partial charge in [0.05, 0.1) is 19.9 Å². The predicted octanol–water partition coefficient (Wildman–Crippen LogP) is 2.83. The third-order valence-corrected chi connectivity index (χ3v) is 4.69. The Labute approximate surface area is 148 Å². The van der Waals surface area contributed by atoms with Gasteiger partial charge in [-0.2, -0.15) is 5.10 Å². The summed E-state index contributed by atoms with van der Waals surface area (Å²) >= 11 is 0. The Morgan fingerprint density at radius 1 is 1.28 bits per heavy atom. The molecule has 1 aromatic carbocycles. The monoisotopic (exact) mass is 343 g/mol. The average Bonchev–Trinajstić information content (AvgIpc) is 3.05. The Balaban J connectivity index is 1.69. The SMILES string of the molecule is COc1ccc(C(=O)[C@H]2CCCN(Cc3cc(C)[nH]n3)C2)cc1OC. The van der Waals surface area contributed by atoms with Crippen LogP contribution in [-0.2, 0) is 6.54 Å². The largest absolute Gasteiger partial charge is 0.493 e. The Hall–Kier alpha value is -2.34. The smallest absolute Gasteiger partial charge is 0.167 e. The van der Waals surface area contributed by atoms with Crippen LogP contribution in [-0.4, -0.2) is 48.2 Å². The molecule has 1 atom stereocenters. The zero-order valence-electron chi connectivity index (χ0n) is 15.0. The molecule has 0 amide bonds. The van der Waals surface area contributed by atoms with Crippen molar-refractivity contribution >= 4 is 5.78 Å². The maximum atomic E-state index is 12.9. The quantitative estimate of drug-likeness (QED) is 0.817. The normalized spacial score (nSPS) is 18.1. The van der Waals surface area contributed by atoms with Crippen LogP contribution in [0.4, 0.5) is 0 Å². The highest BCUT2D eigenvalue weighted by atomic mass is 16.5. The number of rotatable bonds is 6. The molecule has 1 aromatic heterocycles. The first-order valence-corrected chi connectivity index (χ1v) is 8.60. The van der Waals surface area contributed by atoms with Crippen LogP contribution in [0.5, 0.6) is 11.5 Å². The second-order valence-electron chi connectivity index (χ2n) is 6.55. The van der Waals surface area contributed by atoms with Crippen molar-refractivity contribution in [2.75, 3.05) is 27.3 Å². The van der Waals surface area contributed by atoms with E-state index in [2.05, 4.69) is 21.2 Å². The molecule has 134 valence electrons. The van der Waals surface area contributed by atoms with Crippen LogP contribution < -0.4 is 9.47 Å². The molecular weight excluding hydrogens is 318 g/mol. The Bertz CT molecular complexity index is 741. The van der Waals surface area contributed by atoms with Gasteiger partial charge in [-0.05, 0) is 50.6 Å². The standard InChI is InChI=1S/C19H25N3O3/c1-13-9-16(21-20-13)12-22-8-4-5-15(11-22)19(23)14-6-7-17(24-2)18(10-14)25-3/h6-7,9-10,15H,4-5,8,11-12H2,1-3H3,(H,20,21)/t15-/m0/s1. The lowest BCUT2D eigenvalue weighted by molar-refractivity contribution is 0.0809. The molecular formula is C19H25N3O3. The number of methoxy groups -OCH3 is 2. The van der Waals surface area contributed by atoms with Crippen molar-refractivity contribution in [3.63, 3.8) is 0 Å². The van der Waals surface area contributed by atoms with Crippen molar-refractivity contribution < 1.29 is 14.3 Å². The van der Waals surface area contributed by atoms with Gasteiger partial charge in [-0.3, -0.25) is 14.8 Å². The molecule has 3 rings (SSSR count). The summed E-state index contributed by atoms with van der Waals surface area (Å²) in [6.45, 7) is 4.54. The molecule has 2 aromatic rings. The predicted molar refractivity (Wildman–Crippen MR) is 95.2 cm³/mol. The van der Waals surface area contributed by atoms with Crippen molar-refractivity contribution in [2.45, 2.75) is 26.3 Å². The van der Waals surface area contributed by atoms with E-state index in [0.29, 0.717) is 17.1 Å². The van der Waals surface area contributed by atoms with E-state index in [1.165, 1.54) is 0 Å². The maximum absolute atomic E-state index is 12.9. The highest BCUT2D eigenvalue weighted by Crippen LogP contribution is 2.30. The summed E-state index contributed by atoms with van der Waals surface area (Å²) in [7, 11) is 3.18. The number of carbonyl (C=O) groups excluding carboxylic acids is 1. The van der Waals surface area contributed by atoms with Crippen LogP contribution in [0.15, 0.2) is 24.3 Å². The molecule has 1 N–H and O–H groups in total. The van der Waals surface area contributed by atoms with Gasteiger partial charge < -0.3 is 9.47 Å². The van der Waals surface area contributed by atoms with E-state index in [-0.39, 0.29) is 11.7 Å². The summed E-state index contributed by atoms with van der Waals surface area (Å²) in [5, 5.41) is 7.27. The van der Waals surface area contributed by atoms with Crippen LogP contribution in [0.3, 0.4) is 0 Å². The third-order valence-electron chi connectivity index (χ3n) is 4.69. The number of ketones is 1. The molecule has 6 nitrogen and oxygen atoms in total. The van der Waals surface area contributed by atoms with Gasteiger partial charge in [0.1, 0.15) is 0 Å². The van der Waals surface area contributed by atoms with Gasteiger partial charge in [-0.25, -0.2) is 0 Å². The van der Waals surface area contributed by atoms with Crippen molar-refractivity contribution in [1.82, 2.24) is 15.1 Å². The number of nitrogens with zero attached hydrogens (tertiary/aromatic N) is 2. The number of benzene rings is 1. The summed E-state index contributed by atoms with van der Waals surface area (Å²) in [6, 6.07) is 7.44.